The second kappa shape index (κ2) is 9.85. The summed E-state index contributed by atoms with van der Waals surface area (Å²) in [7, 11) is -2.50. The summed E-state index contributed by atoms with van der Waals surface area (Å²) in [5.74, 6) is 0.114. The number of ether oxygens (including phenoxy) is 1. The second-order valence-electron chi connectivity index (χ2n) is 6.87. The molecule has 0 radical (unpaired) electrons. The quantitative estimate of drug-likeness (QED) is 0.549. The molecule has 1 amide bonds. The number of amides is 1. The van der Waals surface area contributed by atoms with E-state index in [4.69, 9.17) is 16.3 Å². The standard InChI is InChI=1S/C23H23ClN2O4S/c1-17-5-3-4-6-18(17)15-25-23(27)16-26(20-9-7-19(24)8-10-20)31(28,29)22-13-11-21(30-2)12-14-22/h3-14H,15-16H2,1-2H3,(H,25,27). The molecule has 0 saturated heterocycles. The Morgan fingerprint density at radius 3 is 2.26 bits per heavy atom. The van der Waals surface area contributed by atoms with E-state index in [1.165, 1.54) is 19.2 Å². The molecule has 162 valence electrons. The van der Waals surface area contributed by atoms with Gasteiger partial charge >= 0.3 is 0 Å². The summed E-state index contributed by atoms with van der Waals surface area (Å²) in [6.07, 6.45) is 0. The van der Waals surface area contributed by atoms with Crippen LogP contribution in [0.25, 0.3) is 0 Å². The van der Waals surface area contributed by atoms with Crippen LogP contribution in [0.15, 0.2) is 77.7 Å². The van der Waals surface area contributed by atoms with E-state index in [0.29, 0.717) is 23.0 Å². The number of benzene rings is 3. The van der Waals surface area contributed by atoms with Gasteiger partial charge in [0.05, 0.1) is 17.7 Å². The van der Waals surface area contributed by atoms with Gasteiger partial charge in [-0.15, -0.1) is 0 Å². The monoisotopic (exact) mass is 458 g/mol. The molecule has 0 aliphatic carbocycles. The maximum Gasteiger partial charge on any atom is 0.264 e. The number of carbonyl (C=O) groups excluding carboxylic acids is 1. The van der Waals surface area contributed by atoms with E-state index in [0.717, 1.165) is 15.4 Å². The van der Waals surface area contributed by atoms with Gasteiger partial charge in [-0.25, -0.2) is 8.42 Å². The molecule has 0 aliphatic heterocycles. The summed E-state index contributed by atoms with van der Waals surface area (Å²) in [6, 6.07) is 20.0. The van der Waals surface area contributed by atoms with Crippen molar-refractivity contribution in [2.24, 2.45) is 0 Å². The zero-order valence-corrected chi connectivity index (χ0v) is 18.8. The van der Waals surface area contributed by atoms with Crippen LogP contribution < -0.4 is 14.4 Å². The highest BCUT2D eigenvalue weighted by atomic mass is 35.5. The Morgan fingerprint density at radius 2 is 1.65 bits per heavy atom. The molecule has 0 heterocycles. The third-order valence-corrected chi connectivity index (χ3v) is 6.83. The molecule has 31 heavy (non-hydrogen) atoms. The number of rotatable bonds is 8. The molecule has 3 aromatic rings. The molecule has 0 bridgehead atoms. The number of aryl methyl sites for hydroxylation is 1. The predicted molar refractivity (Wildman–Crippen MR) is 122 cm³/mol. The molecule has 3 aromatic carbocycles. The Morgan fingerprint density at radius 1 is 1.00 bits per heavy atom. The highest BCUT2D eigenvalue weighted by Gasteiger charge is 2.27. The molecular weight excluding hydrogens is 436 g/mol. The Balaban J connectivity index is 1.86. The number of carbonyl (C=O) groups is 1. The van der Waals surface area contributed by atoms with Crippen LogP contribution in [0.2, 0.25) is 5.02 Å². The first-order chi connectivity index (χ1) is 14.8. The lowest BCUT2D eigenvalue weighted by atomic mass is 10.1. The van der Waals surface area contributed by atoms with Gasteiger partial charge in [-0.1, -0.05) is 35.9 Å². The van der Waals surface area contributed by atoms with Crippen molar-refractivity contribution in [3.8, 4) is 5.75 Å². The Labute approximate surface area is 187 Å². The van der Waals surface area contributed by atoms with Crippen LogP contribution in [0.5, 0.6) is 5.75 Å². The van der Waals surface area contributed by atoms with E-state index in [1.807, 2.05) is 31.2 Å². The van der Waals surface area contributed by atoms with E-state index in [-0.39, 0.29) is 11.4 Å². The van der Waals surface area contributed by atoms with Crippen molar-refractivity contribution in [1.29, 1.82) is 0 Å². The van der Waals surface area contributed by atoms with Crippen molar-refractivity contribution < 1.29 is 17.9 Å². The van der Waals surface area contributed by atoms with Crippen LogP contribution in [0.1, 0.15) is 11.1 Å². The van der Waals surface area contributed by atoms with Crippen LogP contribution in [0.4, 0.5) is 5.69 Å². The van der Waals surface area contributed by atoms with E-state index in [2.05, 4.69) is 5.32 Å². The van der Waals surface area contributed by atoms with E-state index < -0.39 is 15.9 Å². The minimum Gasteiger partial charge on any atom is -0.497 e. The number of hydrogen-bond acceptors (Lipinski definition) is 4. The second-order valence-corrected chi connectivity index (χ2v) is 9.17. The highest BCUT2D eigenvalue weighted by Crippen LogP contribution is 2.26. The minimum atomic E-state index is -4.00. The fourth-order valence-corrected chi connectivity index (χ4v) is 4.53. The topological polar surface area (TPSA) is 75.7 Å². The fourth-order valence-electron chi connectivity index (χ4n) is 2.99. The maximum absolute atomic E-state index is 13.4. The predicted octanol–water partition coefficient (Wildman–Crippen LogP) is 4.17. The molecule has 0 fully saturated rings. The zero-order valence-electron chi connectivity index (χ0n) is 17.2. The summed E-state index contributed by atoms with van der Waals surface area (Å²) in [5, 5.41) is 3.27. The third kappa shape index (κ3) is 5.57. The fraction of sp³-hybridized carbons (Fsp3) is 0.174. The van der Waals surface area contributed by atoms with Gasteiger partial charge in [0.1, 0.15) is 12.3 Å². The van der Waals surface area contributed by atoms with Crippen molar-refractivity contribution in [1.82, 2.24) is 5.32 Å². The van der Waals surface area contributed by atoms with E-state index in [1.54, 1.807) is 36.4 Å². The number of sulfonamides is 1. The molecule has 3 rings (SSSR count). The van der Waals surface area contributed by atoms with Crippen molar-refractivity contribution in [2.45, 2.75) is 18.4 Å². The summed E-state index contributed by atoms with van der Waals surface area (Å²) in [6.45, 7) is 1.89. The van der Waals surface area contributed by atoms with Gasteiger partial charge in [0.25, 0.3) is 10.0 Å². The third-order valence-electron chi connectivity index (χ3n) is 4.79. The lowest BCUT2D eigenvalue weighted by molar-refractivity contribution is -0.119. The smallest absolute Gasteiger partial charge is 0.264 e. The summed E-state index contributed by atoms with van der Waals surface area (Å²) in [4.78, 5) is 12.7. The molecule has 0 atom stereocenters. The van der Waals surface area contributed by atoms with E-state index >= 15 is 0 Å². The molecule has 0 aromatic heterocycles. The van der Waals surface area contributed by atoms with Crippen LogP contribution >= 0.6 is 11.6 Å². The Bertz CT molecular complexity index is 1150. The maximum atomic E-state index is 13.4. The van der Waals surface area contributed by atoms with Gasteiger partial charge in [0.15, 0.2) is 0 Å². The average Bonchev–Trinajstić information content (AvgIpc) is 2.77. The van der Waals surface area contributed by atoms with Crippen molar-refractivity contribution in [3.05, 3.63) is 88.9 Å². The molecule has 0 spiro atoms. The zero-order chi connectivity index (χ0) is 22.4. The summed E-state index contributed by atoms with van der Waals surface area (Å²) >= 11 is 5.96. The largest absolute Gasteiger partial charge is 0.497 e. The first-order valence-electron chi connectivity index (χ1n) is 9.55. The normalized spacial score (nSPS) is 11.1. The molecular formula is C23H23ClN2O4S. The molecule has 6 nitrogen and oxygen atoms in total. The first-order valence-corrected chi connectivity index (χ1v) is 11.4. The lowest BCUT2D eigenvalue weighted by Crippen LogP contribution is -2.40. The average molecular weight is 459 g/mol. The van der Waals surface area contributed by atoms with Gasteiger partial charge in [0, 0.05) is 11.6 Å². The van der Waals surface area contributed by atoms with Crippen molar-refractivity contribution >= 4 is 33.2 Å². The summed E-state index contributed by atoms with van der Waals surface area (Å²) in [5.41, 5.74) is 2.35. The number of nitrogens with zero attached hydrogens (tertiary/aromatic N) is 1. The number of hydrogen-bond donors (Lipinski definition) is 1. The number of halogens is 1. The number of anilines is 1. The SMILES string of the molecule is COc1ccc(S(=O)(=O)N(CC(=O)NCc2ccccc2C)c2ccc(Cl)cc2)cc1. The molecule has 8 heteroatoms. The van der Waals surface area contributed by atoms with Crippen LogP contribution in [0, 0.1) is 6.92 Å². The minimum absolute atomic E-state index is 0.0509. The van der Waals surface area contributed by atoms with Crippen LogP contribution in [-0.4, -0.2) is 28.0 Å². The van der Waals surface area contributed by atoms with Crippen LogP contribution in [-0.2, 0) is 21.4 Å². The van der Waals surface area contributed by atoms with Crippen molar-refractivity contribution in [2.75, 3.05) is 18.0 Å². The van der Waals surface area contributed by atoms with Gasteiger partial charge in [0.2, 0.25) is 5.91 Å². The molecule has 0 aliphatic rings. The number of nitrogens with one attached hydrogen (secondary N) is 1. The molecule has 0 saturated carbocycles. The van der Waals surface area contributed by atoms with E-state index in [9.17, 15) is 13.2 Å². The highest BCUT2D eigenvalue weighted by molar-refractivity contribution is 7.92. The Hall–Kier alpha value is -3.03. The molecule has 0 unspecified atom stereocenters. The lowest BCUT2D eigenvalue weighted by Gasteiger charge is -2.24. The Kier molecular flexibility index (Phi) is 7.20. The summed E-state index contributed by atoms with van der Waals surface area (Å²) < 4.78 is 32.9. The van der Waals surface area contributed by atoms with Gasteiger partial charge in [-0.05, 0) is 66.6 Å². The number of methoxy groups -OCH3 is 1. The van der Waals surface area contributed by atoms with Crippen molar-refractivity contribution in [3.63, 3.8) is 0 Å². The van der Waals surface area contributed by atoms with Gasteiger partial charge in [-0.3, -0.25) is 9.10 Å². The van der Waals surface area contributed by atoms with Crippen LogP contribution in [0.3, 0.4) is 0 Å². The van der Waals surface area contributed by atoms with Gasteiger partial charge < -0.3 is 10.1 Å². The first kappa shape index (κ1) is 22.7. The van der Waals surface area contributed by atoms with Gasteiger partial charge in [-0.2, -0.15) is 0 Å². The molecule has 1 N–H and O–H groups in total.